The fourth-order valence-corrected chi connectivity index (χ4v) is 2.40. The summed E-state index contributed by atoms with van der Waals surface area (Å²) in [7, 11) is 3.63. The molecule has 0 aliphatic carbocycles. The molecule has 18 heavy (non-hydrogen) atoms. The molecule has 102 valence electrons. The fraction of sp³-hybridized carbons (Fsp3) is 0.571. The summed E-state index contributed by atoms with van der Waals surface area (Å²) in [6.45, 7) is 1.84. The third kappa shape index (κ3) is 4.03. The van der Waals surface area contributed by atoms with Gasteiger partial charge in [-0.05, 0) is 26.1 Å². The van der Waals surface area contributed by atoms with Crippen molar-refractivity contribution in [2.75, 3.05) is 20.6 Å². The molecule has 0 aliphatic rings. The van der Waals surface area contributed by atoms with E-state index >= 15 is 0 Å². The van der Waals surface area contributed by atoms with Gasteiger partial charge in [-0.15, -0.1) is 0 Å². The molecular formula is C14H22F2N2. The third-order valence-electron chi connectivity index (χ3n) is 3.26. The van der Waals surface area contributed by atoms with Gasteiger partial charge >= 0.3 is 0 Å². The summed E-state index contributed by atoms with van der Waals surface area (Å²) < 4.78 is 25.0. The van der Waals surface area contributed by atoms with Crippen molar-refractivity contribution < 1.29 is 8.78 Å². The molecule has 0 radical (unpaired) electrons. The maximum atomic E-state index is 12.5. The molecular weight excluding hydrogens is 234 g/mol. The summed E-state index contributed by atoms with van der Waals surface area (Å²) in [6, 6.07) is 10.1. The zero-order chi connectivity index (χ0) is 13.5. The Morgan fingerprint density at radius 3 is 2.28 bits per heavy atom. The van der Waals surface area contributed by atoms with E-state index in [0.29, 0.717) is 0 Å². The van der Waals surface area contributed by atoms with Crippen LogP contribution < -0.4 is 5.32 Å². The van der Waals surface area contributed by atoms with Gasteiger partial charge < -0.3 is 5.32 Å². The standard InChI is InChI=1S/C14H22F2N2/c1-4-12(18(3)10-13(15)16)14(17-2)11-8-6-5-7-9-11/h5-9,12-14,17H,4,10H2,1-3H3. The molecule has 0 amide bonds. The molecule has 0 fully saturated rings. The second-order valence-electron chi connectivity index (χ2n) is 4.48. The molecule has 1 aromatic rings. The first-order chi connectivity index (χ1) is 8.60. The van der Waals surface area contributed by atoms with E-state index in [4.69, 9.17) is 0 Å². The Hall–Kier alpha value is -1.00. The SMILES string of the molecule is CCC(C(NC)c1ccccc1)N(C)CC(F)F. The lowest BCUT2D eigenvalue weighted by Gasteiger charge is -2.34. The average Bonchev–Trinajstić information content (AvgIpc) is 2.35. The van der Waals surface area contributed by atoms with Crippen molar-refractivity contribution in [1.29, 1.82) is 0 Å². The van der Waals surface area contributed by atoms with E-state index in [0.717, 1.165) is 12.0 Å². The van der Waals surface area contributed by atoms with Gasteiger partial charge in [-0.1, -0.05) is 37.3 Å². The lowest BCUT2D eigenvalue weighted by molar-refractivity contribution is 0.0696. The summed E-state index contributed by atoms with van der Waals surface area (Å²) in [4.78, 5) is 1.73. The second-order valence-corrected chi connectivity index (χ2v) is 4.48. The minimum absolute atomic E-state index is 0.0615. The minimum Gasteiger partial charge on any atom is -0.312 e. The van der Waals surface area contributed by atoms with Gasteiger partial charge in [0, 0.05) is 12.1 Å². The summed E-state index contributed by atoms with van der Waals surface area (Å²) in [5, 5.41) is 3.24. The Morgan fingerprint density at radius 2 is 1.83 bits per heavy atom. The van der Waals surface area contributed by atoms with Gasteiger partial charge in [0.25, 0.3) is 6.43 Å². The van der Waals surface area contributed by atoms with Crippen LogP contribution in [0, 0.1) is 0 Å². The molecule has 1 aromatic carbocycles. The molecule has 1 N–H and O–H groups in total. The highest BCUT2D eigenvalue weighted by Crippen LogP contribution is 2.22. The number of nitrogens with zero attached hydrogens (tertiary/aromatic N) is 1. The van der Waals surface area contributed by atoms with E-state index < -0.39 is 6.43 Å². The van der Waals surface area contributed by atoms with Crippen molar-refractivity contribution in [3.05, 3.63) is 35.9 Å². The number of likely N-dealkylation sites (N-methyl/N-ethyl adjacent to an activating group) is 2. The second kappa shape index (κ2) is 7.44. The van der Waals surface area contributed by atoms with Crippen LogP contribution in [0.25, 0.3) is 0 Å². The van der Waals surface area contributed by atoms with E-state index in [2.05, 4.69) is 5.32 Å². The Kier molecular flexibility index (Phi) is 6.22. The number of halogens is 2. The average molecular weight is 256 g/mol. The number of nitrogens with one attached hydrogen (secondary N) is 1. The summed E-state index contributed by atoms with van der Waals surface area (Å²) in [5.74, 6) is 0. The quantitative estimate of drug-likeness (QED) is 0.807. The van der Waals surface area contributed by atoms with Crippen LogP contribution in [0.5, 0.6) is 0 Å². The smallest absolute Gasteiger partial charge is 0.251 e. The predicted octanol–water partition coefficient (Wildman–Crippen LogP) is 2.92. The molecule has 0 aliphatic heterocycles. The Labute approximate surface area is 108 Å². The molecule has 4 heteroatoms. The molecule has 2 atom stereocenters. The van der Waals surface area contributed by atoms with E-state index in [-0.39, 0.29) is 18.6 Å². The van der Waals surface area contributed by atoms with Crippen LogP contribution in [0.15, 0.2) is 30.3 Å². The van der Waals surface area contributed by atoms with Crippen molar-refractivity contribution in [1.82, 2.24) is 10.2 Å². The van der Waals surface area contributed by atoms with Gasteiger partial charge in [0.05, 0.1) is 6.54 Å². The maximum absolute atomic E-state index is 12.5. The largest absolute Gasteiger partial charge is 0.312 e. The number of hydrogen-bond acceptors (Lipinski definition) is 2. The highest BCUT2D eigenvalue weighted by molar-refractivity contribution is 5.20. The van der Waals surface area contributed by atoms with Gasteiger partial charge in [0.2, 0.25) is 0 Å². The summed E-state index contributed by atoms with van der Waals surface area (Å²) >= 11 is 0. The number of benzene rings is 1. The van der Waals surface area contributed by atoms with E-state index in [9.17, 15) is 8.78 Å². The van der Waals surface area contributed by atoms with E-state index in [1.54, 1.807) is 11.9 Å². The molecule has 2 nitrogen and oxygen atoms in total. The van der Waals surface area contributed by atoms with Crippen LogP contribution in [-0.4, -0.2) is 38.0 Å². The molecule has 0 saturated carbocycles. The third-order valence-corrected chi connectivity index (χ3v) is 3.26. The van der Waals surface area contributed by atoms with Crippen LogP contribution in [0.4, 0.5) is 8.78 Å². The normalized spacial score (nSPS) is 15.1. The zero-order valence-corrected chi connectivity index (χ0v) is 11.2. The molecule has 0 heterocycles. The molecule has 1 rings (SSSR count). The number of hydrogen-bond donors (Lipinski definition) is 1. The number of alkyl halides is 2. The molecule has 0 saturated heterocycles. The van der Waals surface area contributed by atoms with Crippen molar-refractivity contribution in [2.24, 2.45) is 0 Å². The number of rotatable bonds is 7. The van der Waals surface area contributed by atoms with Crippen molar-refractivity contribution in [3.63, 3.8) is 0 Å². The van der Waals surface area contributed by atoms with Crippen LogP contribution in [0.1, 0.15) is 24.9 Å². The Bertz CT molecular complexity index is 330. The molecule has 0 aromatic heterocycles. The van der Waals surface area contributed by atoms with Gasteiger partial charge in [-0.2, -0.15) is 0 Å². The lowest BCUT2D eigenvalue weighted by atomic mass is 9.96. The molecule has 2 unspecified atom stereocenters. The first-order valence-electron chi connectivity index (χ1n) is 6.30. The lowest BCUT2D eigenvalue weighted by Crippen LogP contribution is -2.43. The minimum atomic E-state index is -2.29. The Morgan fingerprint density at radius 1 is 1.22 bits per heavy atom. The van der Waals surface area contributed by atoms with Crippen molar-refractivity contribution in [3.8, 4) is 0 Å². The van der Waals surface area contributed by atoms with Gasteiger partial charge in [0.1, 0.15) is 0 Å². The van der Waals surface area contributed by atoms with Crippen LogP contribution in [0.2, 0.25) is 0 Å². The maximum Gasteiger partial charge on any atom is 0.251 e. The highest BCUT2D eigenvalue weighted by atomic mass is 19.3. The summed E-state index contributed by atoms with van der Waals surface area (Å²) in [6.07, 6.45) is -1.47. The molecule has 0 bridgehead atoms. The van der Waals surface area contributed by atoms with E-state index in [1.165, 1.54) is 0 Å². The topological polar surface area (TPSA) is 15.3 Å². The van der Waals surface area contributed by atoms with Crippen molar-refractivity contribution >= 4 is 0 Å². The first kappa shape index (κ1) is 15.1. The van der Waals surface area contributed by atoms with Crippen LogP contribution in [0.3, 0.4) is 0 Å². The predicted molar refractivity (Wildman–Crippen MR) is 71.0 cm³/mol. The van der Waals surface area contributed by atoms with Crippen LogP contribution >= 0.6 is 0 Å². The van der Waals surface area contributed by atoms with Crippen molar-refractivity contribution in [2.45, 2.75) is 31.9 Å². The van der Waals surface area contributed by atoms with Gasteiger partial charge in [-0.3, -0.25) is 4.90 Å². The first-order valence-corrected chi connectivity index (χ1v) is 6.30. The molecule has 0 spiro atoms. The monoisotopic (exact) mass is 256 g/mol. The van der Waals surface area contributed by atoms with Gasteiger partial charge in [0.15, 0.2) is 0 Å². The highest BCUT2D eigenvalue weighted by Gasteiger charge is 2.25. The fourth-order valence-electron chi connectivity index (χ4n) is 2.40. The van der Waals surface area contributed by atoms with Gasteiger partial charge in [-0.25, -0.2) is 8.78 Å². The van der Waals surface area contributed by atoms with Crippen LogP contribution in [-0.2, 0) is 0 Å². The Balaban J connectivity index is 2.84. The van der Waals surface area contributed by atoms with E-state index in [1.807, 2.05) is 44.3 Å². The zero-order valence-electron chi connectivity index (χ0n) is 11.2. The summed E-state index contributed by atoms with van der Waals surface area (Å²) in [5.41, 5.74) is 1.13.